The normalized spacial score (nSPS) is 12.9. The van der Waals surface area contributed by atoms with Gasteiger partial charge in [-0.15, -0.1) is 0 Å². The molecule has 0 fully saturated rings. The first-order chi connectivity index (χ1) is 28.0. The highest BCUT2D eigenvalue weighted by Crippen LogP contribution is 2.54. The maximum absolute atomic E-state index is 6.28. The quantitative estimate of drug-likeness (QED) is 0.169. The fraction of sp³-hybridized carbons (Fsp3) is 0.0545. The van der Waals surface area contributed by atoms with Crippen LogP contribution >= 0.6 is 0 Å². The second-order valence-corrected chi connectivity index (χ2v) is 15.7. The molecule has 0 bridgehead atoms. The van der Waals surface area contributed by atoms with Gasteiger partial charge >= 0.3 is 0 Å². The van der Waals surface area contributed by atoms with Crippen LogP contribution in [0.2, 0.25) is 0 Å². The highest BCUT2D eigenvalue weighted by molar-refractivity contribution is 6.06. The Morgan fingerprint density at radius 2 is 1.02 bits per heavy atom. The van der Waals surface area contributed by atoms with Crippen molar-refractivity contribution in [2.45, 2.75) is 19.3 Å². The molecule has 10 aromatic rings. The Morgan fingerprint density at radius 3 is 1.91 bits per heavy atom. The van der Waals surface area contributed by atoms with Crippen LogP contribution in [0.1, 0.15) is 25.0 Å². The number of nitrogens with zero attached hydrogens (tertiary/aromatic N) is 1. The van der Waals surface area contributed by atoms with E-state index in [2.05, 4.69) is 207 Å². The maximum Gasteiger partial charge on any atom is 0.136 e. The predicted octanol–water partition coefficient (Wildman–Crippen LogP) is 15.5. The summed E-state index contributed by atoms with van der Waals surface area (Å²) in [5.74, 6) is 0. The van der Waals surface area contributed by atoms with Crippen LogP contribution in [0.25, 0.3) is 77.2 Å². The molecule has 0 atom stereocenters. The fourth-order valence-electron chi connectivity index (χ4n) is 9.20. The Balaban J connectivity index is 1.08. The van der Waals surface area contributed by atoms with Crippen molar-refractivity contribution in [1.29, 1.82) is 0 Å². The Morgan fingerprint density at radius 1 is 0.386 bits per heavy atom. The topological polar surface area (TPSA) is 16.4 Å². The molecule has 1 aliphatic carbocycles. The van der Waals surface area contributed by atoms with Gasteiger partial charge in [-0.2, -0.15) is 0 Å². The number of para-hydroxylation sites is 2. The number of hydrogen-bond acceptors (Lipinski definition) is 2. The van der Waals surface area contributed by atoms with Crippen LogP contribution in [0, 0.1) is 0 Å². The van der Waals surface area contributed by atoms with Gasteiger partial charge in [-0.05, 0) is 115 Å². The standard InChI is InChI=1S/C55H39NO/c1-55(2)49-21-8-5-19-48(49)54-47(20-12-22-50(54)55)44-17-6-9-23-51(44)56(43-16-11-15-39(34-43)40-26-25-36-13-3-4-14-38(36)33-40)42-30-27-37(28-31-42)41-29-32-46-45-18-7-10-24-52(45)57-53(46)35-41/h3-35H,1-2H3. The molecule has 0 radical (unpaired) electrons. The molecule has 2 heteroatoms. The monoisotopic (exact) mass is 729 g/mol. The molecule has 57 heavy (non-hydrogen) atoms. The van der Waals surface area contributed by atoms with Crippen molar-refractivity contribution >= 4 is 49.8 Å². The van der Waals surface area contributed by atoms with Crippen LogP contribution in [0.4, 0.5) is 17.1 Å². The third-order valence-electron chi connectivity index (χ3n) is 12.1. The molecule has 270 valence electrons. The van der Waals surface area contributed by atoms with E-state index in [4.69, 9.17) is 4.42 Å². The molecule has 0 saturated carbocycles. The highest BCUT2D eigenvalue weighted by atomic mass is 16.3. The Hall–Kier alpha value is -7.16. The number of furan rings is 1. The summed E-state index contributed by atoms with van der Waals surface area (Å²) in [6.45, 7) is 4.71. The van der Waals surface area contributed by atoms with Gasteiger partial charge in [0.05, 0.1) is 5.69 Å². The first-order valence-corrected chi connectivity index (χ1v) is 19.8. The van der Waals surface area contributed by atoms with E-state index in [1.165, 1.54) is 55.3 Å². The summed E-state index contributed by atoms with van der Waals surface area (Å²) in [7, 11) is 0. The number of anilines is 3. The molecule has 1 aliphatic rings. The lowest BCUT2D eigenvalue weighted by atomic mass is 9.82. The number of rotatable bonds is 6. The Bertz CT molecular complexity index is 3170. The van der Waals surface area contributed by atoms with Crippen molar-refractivity contribution in [1.82, 2.24) is 0 Å². The minimum atomic E-state index is -0.0913. The smallest absolute Gasteiger partial charge is 0.136 e. The van der Waals surface area contributed by atoms with Crippen LogP contribution in [-0.4, -0.2) is 0 Å². The first kappa shape index (κ1) is 33.2. The Labute approximate surface area is 332 Å². The number of hydrogen-bond donors (Lipinski definition) is 0. The summed E-state index contributed by atoms with van der Waals surface area (Å²) in [5.41, 5.74) is 17.5. The summed E-state index contributed by atoms with van der Waals surface area (Å²) >= 11 is 0. The van der Waals surface area contributed by atoms with Gasteiger partial charge in [0.25, 0.3) is 0 Å². The molecule has 0 unspecified atom stereocenters. The van der Waals surface area contributed by atoms with Crippen molar-refractivity contribution in [2.24, 2.45) is 0 Å². The van der Waals surface area contributed by atoms with E-state index in [0.29, 0.717) is 0 Å². The van der Waals surface area contributed by atoms with Crippen molar-refractivity contribution in [3.05, 3.63) is 211 Å². The van der Waals surface area contributed by atoms with E-state index in [1.54, 1.807) is 0 Å². The minimum Gasteiger partial charge on any atom is -0.456 e. The third-order valence-corrected chi connectivity index (χ3v) is 12.1. The van der Waals surface area contributed by atoms with E-state index in [0.717, 1.165) is 50.1 Å². The van der Waals surface area contributed by atoms with E-state index < -0.39 is 0 Å². The molecule has 0 amide bonds. The summed E-state index contributed by atoms with van der Waals surface area (Å²) in [6, 6.07) is 72.8. The zero-order chi connectivity index (χ0) is 38.1. The third kappa shape index (κ3) is 5.40. The van der Waals surface area contributed by atoms with Gasteiger partial charge in [0.1, 0.15) is 11.2 Å². The van der Waals surface area contributed by atoms with Crippen LogP contribution in [-0.2, 0) is 5.41 Å². The largest absolute Gasteiger partial charge is 0.456 e. The molecular formula is C55H39NO. The summed E-state index contributed by atoms with van der Waals surface area (Å²) in [5, 5.41) is 4.76. The zero-order valence-electron chi connectivity index (χ0n) is 31.9. The van der Waals surface area contributed by atoms with Gasteiger partial charge < -0.3 is 9.32 Å². The van der Waals surface area contributed by atoms with Gasteiger partial charge in [0.15, 0.2) is 0 Å². The van der Waals surface area contributed by atoms with E-state index in [-0.39, 0.29) is 5.41 Å². The zero-order valence-corrected chi connectivity index (χ0v) is 31.9. The van der Waals surface area contributed by atoms with Crippen LogP contribution in [0.5, 0.6) is 0 Å². The van der Waals surface area contributed by atoms with Crippen LogP contribution < -0.4 is 4.90 Å². The van der Waals surface area contributed by atoms with Gasteiger partial charge in [-0.1, -0.05) is 159 Å². The Kier molecular flexibility index (Phi) is 7.55. The van der Waals surface area contributed by atoms with E-state index in [9.17, 15) is 0 Å². The fourth-order valence-corrected chi connectivity index (χ4v) is 9.20. The van der Waals surface area contributed by atoms with E-state index in [1.807, 2.05) is 12.1 Å². The highest BCUT2D eigenvalue weighted by Gasteiger charge is 2.37. The summed E-state index contributed by atoms with van der Waals surface area (Å²) in [4.78, 5) is 2.43. The second-order valence-electron chi connectivity index (χ2n) is 15.7. The van der Waals surface area contributed by atoms with Gasteiger partial charge in [-0.3, -0.25) is 0 Å². The molecule has 0 aliphatic heterocycles. The van der Waals surface area contributed by atoms with Crippen molar-refractivity contribution in [3.63, 3.8) is 0 Å². The average Bonchev–Trinajstić information content (AvgIpc) is 3.75. The van der Waals surface area contributed by atoms with Crippen LogP contribution in [0.15, 0.2) is 205 Å². The molecule has 1 aromatic heterocycles. The molecule has 9 aromatic carbocycles. The van der Waals surface area contributed by atoms with Gasteiger partial charge in [0.2, 0.25) is 0 Å². The number of fused-ring (bicyclic) bond motifs is 7. The predicted molar refractivity (Wildman–Crippen MR) is 240 cm³/mol. The maximum atomic E-state index is 6.28. The van der Waals surface area contributed by atoms with Crippen LogP contribution in [0.3, 0.4) is 0 Å². The molecule has 0 N–H and O–H groups in total. The minimum absolute atomic E-state index is 0.0913. The van der Waals surface area contributed by atoms with Crippen molar-refractivity contribution in [2.75, 3.05) is 4.90 Å². The van der Waals surface area contributed by atoms with Crippen molar-refractivity contribution < 1.29 is 4.42 Å². The molecule has 2 nitrogen and oxygen atoms in total. The van der Waals surface area contributed by atoms with Crippen molar-refractivity contribution in [3.8, 4) is 44.5 Å². The van der Waals surface area contributed by atoms with E-state index >= 15 is 0 Å². The first-order valence-electron chi connectivity index (χ1n) is 19.8. The molecule has 0 saturated heterocycles. The second kappa shape index (κ2) is 13.0. The number of benzene rings is 9. The summed E-state index contributed by atoms with van der Waals surface area (Å²) < 4.78 is 6.28. The molecular weight excluding hydrogens is 691 g/mol. The SMILES string of the molecule is CC1(C)c2ccccc2-c2c(-c3ccccc3N(c3ccc(-c4ccc5c(c4)oc4ccccc45)cc3)c3cccc(-c4ccc5ccccc5c4)c3)cccc21. The average molecular weight is 730 g/mol. The molecule has 1 heterocycles. The van der Waals surface area contributed by atoms with Gasteiger partial charge in [0, 0.05) is 33.1 Å². The molecule has 11 rings (SSSR count). The molecule has 0 spiro atoms. The summed E-state index contributed by atoms with van der Waals surface area (Å²) in [6.07, 6.45) is 0. The van der Waals surface area contributed by atoms with Gasteiger partial charge in [-0.25, -0.2) is 0 Å². The lowest BCUT2D eigenvalue weighted by molar-refractivity contribution is 0.660. The lowest BCUT2D eigenvalue weighted by Gasteiger charge is -2.29. The lowest BCUT2D eigenvalue weighted by Crippen LogP contribution is -2.14.